The summed E-state index contributed by atoms with van der Waals surface area (Å²) in [7, 11) is 0. The highest BCUT2D eigenvalue weighted by Gasteiger charge is 2.30. The van der Waals surface area contributed by atoms with Crippen molar-refractivity contribution >= 4 is 17.6 Å². The first kappa shape index (κ1) is 15.8. The molecule has 1 fully saturated rings. The molecule has 0 unspecified atom stereocenters. The highest BCUT2D eigenvalue weighted by atomic mass is 16.4. The smallest absolute Gasteiger partial charge is 0.287 e. The van der Waals surface area contributed by atoms with Crippen molar-refractivity contribution in [2.45, 2.75) is 52.0 Å². The number of likely N-dealkylation sites (tertiary alicyclic amines) is 1. The summed E-state index contributed by atoms with van der Waals surface area (Å²) in [5, 5.41) is 2.98. The van der Waals surface area contributed by atoms with Gasteiger partial charge in [-0.25, -0.2) is 0 Å². The molecule has 1 saturated heterocycles. The number of amides is 2. The summed E-state index contributed by atoms with van der Waals surface area (Å²) in [5.41, 5.74) is 1.26. The first-order valence-electron chi connectivity index (χ1n) is 8.19. The number of furan rings is 1. The fourth-order valence-corrected chi connectivity index (χ4v) is 3.45. The number of ketones is 1. The highest BCUT2D eigenvalue weighted by Crippen LogP contribution is 2.29. The molecule has 0 spiro atoms. The monoisotopic (exact) mass is 318 g/mol. The lowest BCUT2D eigenvalue weighted by molar-refractivity contribution is -0.129. The first-order valence-corrected chi connectivity index (χ1v) is 8.19. The molecule has 2 heterocycles. The molecular formula is C17H22N2O4. The van der Waals surface area contributed by atoms with Crippen molar-refractivity contribution in [2.75, 3.05) is 13.1 Å². The topological polar surface area (TPSA) is 79.6 Å². The highest BCUT2D eigenvalue weighted by molar-refractivity contribution is 6.03. The van der Waals surface area contributed by atoms with Crippen molar-refractivity contribution in [3.63, 3.8) is 0 Å². The Bertz CT molecular complexity index is 654. The van der Waals surface area contributed by atoms with Gasteiger partial charge in [0.05, 0.1) is 5.56 Å². The fourth-order valence-electron chi connectivity index (χ4n) is 3.45. The molecule has 3 rings (SSSR count). The van der Waals surface area contributed by atoms with E-state index in [0.717, 1.165) is 19.3 Å². The van der Waals surface area contributed by atoms with Crippen LogP contribution in [0, 0.1) is 6.92 Å². The van der Waals surface area contributed by atoms with Gasteiger partial charge in [0.2, 0.25) is 5.91 Å². The number of hydrogen-bond acceptors (Lipinski definition) is 4. The van der Waals surface area contributed by atoms with Crippen LogP contribution in [-0.2, 0) is 11.2 Å². The molecule has 6 nitrogen and oxygen atoms in total. The van der Waals surface area contributed by atoms with Crippen molar-refractivity contribution < 1.29 is 18.8 Å². The number of Topliss-reactive ketones (excluding diaryl/α,β-unsaturated/α-hetero) is 1. The summed E-state index contributed by atoms with van der Waals surface area (Å²) < 4.78 is 5.67. The summed E-state index contributed by atoms with van der Waals surface area (Å²) in [6.07, 6.45) is 3.50. The van der Waals surface area contributed by atoms with Gasteiger partial charge in [0.25, 0.3) is 5.91 Å². The van der Waals surface area contributed by atoms with Crippen molar-refractivity contribution in [3.05, 3.63) is 22.6 Å². The van der Waals surface area contributed by atoms with Gasteiger partial charge < -0.3 is 14.6 Å². The van der Waals surface area contributed by atoms with E-state index in [1.54, 1.807) is 18.7 Å². The number of carbonyl (C=O) groups is 3. The molecule has 1 aromatic heterocycles. The Balaban J connectivity index is 1.68. The van der Waals surface area contributed by atoms with Crippen molar-refractivity contribution in [1.82, 2.24) is 10.2 Å². The summed E-state index contributed by atoms with van der Waals surface area (Å²) in [6.45, 7) is 4.66. The van der Waals surface area contributed by atoms with Crippen LogP contribution in [0.15, 0.2) is 4.42 Å². The molecule has 2 amide bonds. The number of nitrogens with zero attached hydrogens (tertiary/aromatic N) is 1. The van der Waals surface area contributed by atoms with E-state index in [1.807, 2.05) is 0 Å². The van der Waals surface area contributed by atoms with Gasteiger partial charge in [0.15, 0.2) is 11.5 Å². The van der Waals surface area contributed by atoms with Crippen LogP contribution in [0.5, 0.6) is 0 Å². The van der Waals surface area contributed by atoms with Crippen molar-refractivity contribution in [1.29, 1.82) is 0 Å². The number of rotatable bonds is 2. The molecule has 1 aliphatic heterocycles. The third-order valence-electron chi connectivity index (χ3n) is 4.79. The Morgan fingerprint density at radius 1 is 1.22 bits per heavy atom. The number of carbonyl (C=O) groups excluding carboxylic acids is 3. The molecule has 6 heteroatoms. The number of hydrogen-bond donors (Lipinski definition) is 1. The Morgan fingerprint density at radius 2 is 1.91 bits per heavy atom. The lowest BCUT2D eigenvalue weighted by Gasteiger charge is -2.31. The van der Waals surface area contributed by atoms with Gasteiger partial charge in [-0.3, -0.25) is 14.4 Å². The Kier molecular flexibility index (Phi) is 4.24. The van der Waals surface area contributed by atoms with Crippen LogP contribution >= 0.6 is 0 Å². The second kappa shape index (κ2) is 6.18. The Hall–Kier alpha value is -2.11. The maximum Gasteiger partial charge on any atom is 0.287 e. The van der Waals surface area contributed by atoms with Crippen LogP contribution in [-0.4, -0.2) is 41.6 Å². The molecule has 124 valence electrons. The minimum Gasteiger partial charge on any atom is -0.455 e. The minimum absolute atomic E-state index is 0.0373. The van der Waals surface area contributed by atoms with Gasteiger partial charge in [-0.15, -0.1) is 0 Å². The molecule has 0 bridgehead atoms. The van der Waals surface area contributed by atoms with Crippen LogP contribution in [0.2, 0.25) is 0 Å². The van der Waals surface area contributed by atoms with Crippen LogP contribution in [0.3, 0.4) is 0 Å². The van der Waals surface area contributed by atoms with E-state index in [1.165, 1.54) is 0 Å². The molecule has 0 radical (unpaired) electrons. The van der Waals surface area contributed by atoms with Crippen molar-refractivity contribution in [3.8, 4) is 0 Å². The van der Waals surface area contributed by atoms with Gasteiger partial charge in [-0.05, 0) is 26.2 Å². The molecule has 2 aliphatic rings. The maximum absolute atomic E-state index is 12.5. The second-order valence-corrected chi connectivity index (χ2v) is 6.38. The minimum atomic E-state index is -0.258. The molecule has 23 heavy (non-hydrogen) atoms. The Labute approximate surface area is 135 Å². The quantitative estimate of drug-likeness (QED) is 0.902. The average Bonchev–Trinajstić information content (AvgIpc) is 2.86. The Morgan fingerprint density at radius 3 is 2.52 bits per heavy atom. The van der Waals surface area contributed by atoms with E-state index >= 15 is 0 Å². The lowest BCUT2D eigenvalue weighted by atomic mass is 9.94. The van der Waals surface area contributed by atoms with Gasteiger partial charge in [-0.2, -0.15) is 0 Å². The SMILES string of the molecule is CC(=O)N1CCC(NC(=O)c2oc3c(c2C)C(=O)CCC3)CC1. The van der Waals surface area contributed by atoms with Gasteiger partial charge in [0, 0.05) is 44.5 Å². The molecule has 0 atom stereocenters. The van der Waals surface area contributed by atoms with Gasteiger partial charge in [0.1, 0.15) is 5.76 Å². The number of piperidine rings is 1. The zero-order valence-corrected chi connectivity index (χ0v) is 13.6. The molecular weight excluding hydrogens is 296 g/mol. The molecule has 0 saturated carbocycles. The van der Waals surface area contributed by atoms with Crippen molar-refractivity contribution in [2.24, 2.45) is 0 Å². The lowest BCUT2D eigenvalue weighted by Crippen LogP contribution is -2.46. The molecule has 1 aromatic rings. The molecule has 1 N–H and O–H groups in total. The standard InChI is InChI=1S/C17H22N2O4/c1-10-15-13(21)4-3-5-14(15)23-16(10)17(22)18-12-6-8-19(9-7-12)11(2)20/h12H,3-9H2,1-2H3,(H,18,22). The van der Waals surface area contributed by atoms with Crippen LogP contribution in [0.4, 0.5) is 0 Å². The largest absolute Gasteiger partial charge is 0.455 e. The van der Waals surface area contributed by atoms with E-state index in [-0.39, 0.29) is 29.4 Å². The first-order chi connectivity index (χ1) is 11.0. The summed E-state index contributed by atoms with van der Waals surface area (Å²) in [5.74, 6) is 0.796. The maximum atomic E-state index is 12.5. The van der Waals surface area contributed by atoms with E-state index in [4.69, 9.17) is 4.42 Å². The normalized spacial score (nSPS) is 18.7. The molecule has 1 aliphatic carbocycles. The van der Waals surface area contributed by atoms with E-state index < -0.39 is 0 Å². The van der Waals surface area contributed by atoms with E-state index in [0.29, 0.717) is 42.8 Å². The van der Waals surface area contributed by atoms with Crippen LogP contribution in [0.25, 0.3) is 0 Å². The summed E-state index contributed by atoms with van der Waals surface area (Å²) >= 11 is 0. The predicted octanol–water partition coefficient (Wildman–Crippen LogP) is 1.85. The second-order valence-electron chi connectivity index (χ2n) is 6.38. The third kappa shape index (κ3) is 3.02. The zero-order chi connectivity index (χ0) is 16.6. The average molecular weight is 318 g/mol. The summed E-state index contributed by atoms with van der Waals surface area (Å²) in [6, 6.07) is 0.0373. The summed E-state index contributed by atoms with van der Waals surface area (Å²) in [4.78, 5) is 37.6. The zero-order valence-electron chi connectivity index (χ0n) is 13.6. The van der Waals surface area contributed by atoms with E-state index in [9.17, 15) is 14.4 Å². The van der Waals surface area contributed by atoms with Gasteiger partial charge >= 0.3 is 0 Å². The molecule has 0 aromatic carbocycles. The number of fused-ring (bicyclic) bond motifs is 1. The van der Waals surface area contributed by atoms with Crippen LogP contribution < -0.4 is 5.32 Å². The van der Waals surface area contributed by atoms with Crippen LogP contribution in [0.1, 0.15) is 64.8 Å². The third-order valence-corrected chi connectivity index (χ3v) is 4.79. The van der Waals surface area contributed by atoms with Gasteiger partial charge in [-0.1, -0.05) is 0 Å². The predicted molar refractivity (Wildman–Crippen MR) is 83.5 cm³/mol. The fraction of sp³-hybridized carbons (Fsp3) is 0.588. The number of nitrogens with one attached hydrogen (secondary N) is 1. The number of aryl methyl sites for hydroxylation is 1. The van der Waals surface area contributed by atoms with E-state index in [2.05, 4.69) is 5.32 Å².